The second-order valence-electron chi connectivity index (χ2n) is 7.03. The van der Waals surface area contributed by atoms with Gasteiger partial charge in [-0.15, -0.1) is 29.3 Å². The maximum atomic E-state index is 13.3. The van der Waals surface area contributed by atoms with Crippen LogP contribution in [0, 0.1) is 0 Å². The number of nitrogens with zero attached hydrogens (tertiary/aromatic N) is 2. The summed E-state index contributed by atoms with van der Waals surface area (Å²) in [4.78, 5) is 43.7. The van der Waals surface area contributed by atoms with E-state index in [1.165, 1.54) is 15.9 Å². The first kappa shape index (κ1) is 25.0. The Morgan fingerprint density at radius 2 is 1.94 bits per heavy atom. The summed E-state index contributed by atoms with van der Waals surface area (Å²) in [6.45, 7) is 3.70. The van der Waals surface area contributed by atoms with Crippen molar-refractivity contribution in [2.24, 2.45) is 0 Å². The van der Waals surface area contributed by atoms with Crippen LogP contribution in [0.15, 0.2) is 69.8 Å². The van der Waals surface area contributed by atoms with Crippen LogP contribution in [0.5, 0.6) is 5.75 Å². The number of thiophene rings is 2. The second kappa shape index (κ2) is 11.5. The van der Waals surface area contributed by atoms with Gasteiger partial charge in [-0.3, -0.25) is 29.8 Å². The number of hydrogen-bond acceptors (Lipinski definition) is 8. The first-order valence-electron chi connectivity index (χ1n) is 10.2. The minimum absolute atomic E-state index is 0.0590. The summed E-state index contributed by atoms with van der Waals surface area (Å²) in [7, 11) is 0. The van der Waals surface area contributed by atoms with Gasteiger partial charge >= 0.3 is 0 Å². The average Bonchev–Trinajstić information content (AvgIpc) is 3.53. The van der Waals surface area contributed by atoms with E-state index in [1.807, 2.05) is 22.9 Å². The first-order chi connectivity index (χ1) is 17.0. The van der Waals surface area contributed by atoms with E-state index in [1.54, 1.807) is 41.7 Å². The molecule has 8 nitrogen and oxygen atoms in total. The Labute approximate surface area is 217 Å². The van der Waals surface area contributed by atoms with Crippen molar-refractivity contribution in [3.8, 4) is 16.2 Å². The molecule has 0 aliphatic rings. The Bertz CT molecular complexity index is 1420. The molecule has 4 aromatic rings. The molecule has 2 N–H and O–H groups in total. The minimum Gasteiger partial charge on any atom is -0.484 e. The predicted octanol–water partition coefficient (Wildman–Crippen LogP) is 4.34. The highest BCUT2D eigenvalue weighted by molar-refractivity contribution is 7.99. The lowest BCUT2D eigenvalue weighted by Gasteiger charge is -2.11. The number of fused-ring (bicyclic) bond motifs is 1. The summed E-state index contributed by atoms with van der Waals surface area (Å²) in [5.41, 5.74) is 5.30. The number of hydrogen-bond donors (Lipinski definition) is 2. The number of rotatable bonds is 9. The van der Waals surface area contributed by atoms with Crippen LogP contribution < -0.4 is 21.1 Å². The maximum absolute atomic E-state index is 13.3. The molecule has 0 aliphatic carbocycles. The predicted molar refractivity (Wildman–Crippen MR) is 141 cm³/mol. The van der Waals surface area contributed by atoms with Crippen LogP contribution in [0.4, 0.5) is 0 Å². The number of carbonyl (C=O) groups excluding carboxylic acids is 2. The lowest BCUT2D eigenvalue weighted by molar-refractivity contribution is -0.128. The first-order valence-corrected chi connectivity index (χ1v) is 13.3. The van der Waals surface area contributed by atoms with Gasteiger partial charge in [0.05, 0.1) is 11.1 Å². The zero-order chi connectivity index (χ0) is 24.8. The van der Waals surface area contributed by atoms with Gasteiger partial charge in [-0.1, -0.05) is 35.5 Å². The van der Waals surface area contributed by atoms with Crippen molar-refractivity contribution in [1.82, 2.24) is 20.4 Å². The fourth-order valence-corrected chi connectivity index (χ4v) is 5.78. The van der Waals surface area contributed by atoms with Gasteiger partial charge in [-0.05, 0) is 35.7 Å². The number of carbonyl (C=O) groups is 2. The minimum atomic E-state index is -0.527. The third-order valence-electron chi connectivity index (χ3n) is 4.61. The lowest BCUT2D eigenvalue weighted by atomic mass is 10.2. The third-order valence-corrected chi connectivity index (χ3v) is 7.62. The molecule has 2 amide bonds. The molecule has 4 rings (SSSR count). The molecule has 0 radical (unpaired) electrons. The summed E-state index contributed by atoms with van der Waals surface area (Å²) >= 11 is 9.85. The summed E-state index contributed by atoms with van der Waals surface area (Å²) in [5, 5.41) is 5.39. The van der Waals surface area contributed by atoms with Crippen molar-refractivity contribution in [1.29, 1.82) is 0 Å². The van der Waals surface area contributed by atoms with Crippen LogP contribution >= 0.6 is 46.0 Å². The summed E-state index contributed by atoms with van der Waals surface area (Å²) < 4.78 is 6.82. The number of hydrazine groups is 1. The van der Waals surface area contributed by atoms with Crippen molar-refractivity contribution >= 4 is 68.1 Å². The van der Waals surface area contributed by atoms with E-state index in [0.29, 0.717) is 26.1 Å². The molecule has 0 atom stereocenters. The molecule has 35 heavy (non-hydrogen) atoms. The van der Waals surface area contributed by atoms with Crippen LogP contribution in [0.1, 0.15) is 0 Å². The zero-order valence-corrected chi connectivity index (χ0v) is 21.4. The van der Waals surface area contributed by atoms with Crippen LogP contribution in [-0.2, 0) is 16.1 Å². The molecule has 1 aromatic carbocycles. The fraction of sp³-hybridized carbons (Fsp3) is 0.130. The SMILES string of the molecule is C=CCn1c(SCC(=O)NNC(=O)COc2ccc(Cl)cc2)nc2scc(-c3cccs3)c2c1=O. The molecule has 0 spiro atoms. The van der Waals surface area contributed by atoms with Crippen molar-refractivity contribution in [3.63, 3.8) is 0 Å². The van der Waals surface area contributed by atoms with E-state index in [2.05, 4.69) is 22.4 Å². The Hall–Kier alpha value is -3.12. The zero-order valence-electron chi connectivity index (χ0n) is 18.2. The standard InChI is InChI=1S/C23H19ClN4O4S3/c1-2-9-28-22(31)20-16(17-4-3-10-33-17)12-34-21(20)25-23(28)35-13-19(30)27-26-18(29)11-32-15-7-5-14(24)6-8-15/h2-8,10,12H,1,9,11,13H2,(H,26,29)(H,27,30). The summed E-state index contributed by atoms with van der Waals surface area (Å²) in [6, 6.07) is 10.5. The molecular formula is C23H19ClN4O4S3. The van der Waals surface area contributed by atoms with E-state index in [-0.39, 0.29) is 24.5 Å². The quantitative estimate of drug-likeness (QED) is 0.140. The molecule has 0 saturated heterocycles. The molecule has 0 aliphatic heterocycles. The monoisotopic (exact) mass is 546 g/mol. The van der Waals surface area contributed by atoms with Crippen molar-refractivity contribution < 1.29 is 14.3 Å². The lowest BCUT2D eigenvalue weighted by Crippen LogP contribution is -2.44. The maximum Gasteiger partial charge on any atom is 0.276 e. The van der Waals surface area contributed by atoms with Crippen molar-refractivity contribution in [2.45, 2.75) is 11.7 Å². The van der Waals surface area contributed by atoms with E-state index < -0.39 is 11.8 Å². The molecule has 12 heteroatoms. The summed E-state index contributed by atoms with van der Waals surface area (Å²) in [5.74, 6) is -0.568. The number of halogens is 1. The van der Waals surface area contributed by atoms with Crippen LogP contribution in [0.3, 0.4) is 0 Å². The van der Waals surface area contributed by atoms with E-state index in [0.717, 1.165) is 22.2 Å². The summed E-state index contributed by atoms with van der Waals surface area (Å²) in [6.07, 6.45) is 1.61. The number of aromatic nitrogens is 2. The van der Waals surface area contributed by atoms with Crippen LogP contribution in [0.25, 0.3) is 20.7 Å². The third kappa shape index (κ3) is 6.12. The molecule has 0 saturated carbocycles. The van der Waals surface area contributed by atoms with Crippen molar-refractivity contribution in [3.05, 3.63) is 75.2 Å². The van der Waals surface area contributed by atoms with E-state index >= 15 is 0 Å². The number of amides is 2. The molecule has 0 bridgehead atoms. The Morgan fingerprint density at radius 1 is 1.17 bits per heavy atom. The Morgan fingerprint density at radius 3 is 2.66 bits per heavy atom. The van der Waals surface area contributed by atoms with Gasteiger partial charge in [0.2, 0.25) is 5.91 Å². The van der Waals surface area contributed by atoms with Gasteiger partial charge in [0.15, 0.2) is 11.8 Å². The molecule has 0 fully saturated rings. The second-order valence-corrected chi connectivity index (χ2v) is 10.2. The molecule has 0 unspecified atom stereocenters. The normalized spacial score (nSPS) is 10.8. The van der Waals surface area contributed by atoms with Gasteiger partial charge in [0, 0.05) is 27.4 Å². The number of nitrogens with one attached hydrogen (secondary N) is 2. The van der Waals surface area contributed by atoms with E-state index in [9.17, 15) is 14.4 Å². The highest BCUT2D eigenvalue weighted by atomic mass is 35.5. The fourth-order valence-electron chi connectivity index (χ4n) is 3.04. The number of benzene rings is 1. The number of allylic oxidation sites excluding steroid dienone is 1. The smallest absolute Gasteiger partial charge is 0.276 e. The van der Waals surface area contributed by atoms with Crippen molar-refractivity contribution in [2.75, 3.05) is 12.4 Å². The number of ether oxygens (including phenoxy) is 1. The molecule has 180 valence electrons. The van der Waals surface area contributed by atoms with Gasteiger partial charge < -0.3 is 4.74 Å². The van der Waals surface area contributed by atoms with Gasteiger partial charge in [0.25, 0.3) is 11.5 Å². The largest absolute Gasteiger partial charge is 0.484 e. The highest BCUT2D eigenvalue weighted by Crippen LogP contribution is 2.34. The average molecular weight is 547 g/mol. The highest BCUT2D eigenvalue weighted by Gasteiger charge is 2.18. The molecule has 3 heterocycles. The topological polar surface area (TPSA) is 102 Å². The number of thioether (sulfide) groups is 1. The van der Waals surface area contributed by atoms with Gasteiger partial charge in [0.1, 0.15) is 10.6 Å². The Balaban J connectivity index is 1.38. The molecular weight excluding hydrogens is 528 g/mol. The van der Waals surface area contributed by atoms with Gasteiger partial charge in [-0.2, -0.15) is 0 Å². The molecule has 3 aromatic heterocycles. The van der Waals surface area contributed by atoms with Crippen LogP contribution in [-0.4, -0.2) is 33.7 Å². The van der Waals surface area contributed by atoms with Crippen LogP contribution in [0.2, 0.25) is 5.02 Å². The Kier molecular flexibility index (Phi) is 8.24. The van der Waals surface area contributed by atoms with E-state index in [4.69, 9.17) is 16.3 Å². The van der Waals surface area contributed by atoms with Gasteiger partial charge in [-0.25, -0.2) is 4.98 Å².